The van der Waals surface area contributed by atoms with Gasteiger partial charge in [0.25, 0.3) is 5.91 Å². The highest BCUT2D eigenvalue weighted by Gasteiger charge is 2.34. The number of nitrogens with zero attached hydrogens (tertiary/aromatic N) is 2. The third kappa shape index (κ3) is 3.00. The zero-order valence-corrected chi connectivity index (χ0v) is 11.6. The SMILES string of the molecule is CN(c1nc(C(F)(F)F)ccc1C(N)=O)C1CCSC1. The van der Waals surface area contributed by atoms with Gasteiger partial charge in [0.2, 0.25) is 0 Å². The number of nitrogens with two attached hydrogens (primary N) is 1. The lowest BCUT2D eigenvalue weighted by atomic mass is 10.1. The number of halogens is 3. The van der Waals surface area contributed by atoms with Crippen LogP contribution in [0.1, 0.15) is 22.5 Å². The second kappa shape index (κ2) is 5.51. The van der Waals surface area contributed by atoms with Gasteiger partial charge < -0.3 is 10.6 Å². The number of carbonyl (C=O) groups is 1. The Morgan fingerprint density at radius 3 is 2.70 bits per heavy atom. The Labute approximate surface area is 118 Å². The molecule has 0 bridgehead atoms. The number of rotatable bonds is 3. The minimum absolute atomic E-state index is 0.000162. The van der Waals surface area contributed by atoms with Gasteiger partial charge in [-0.1, -0.05) is 0 Å². The first-order valence-corrected chi connectivity index (χ1v) is 7.15. The van der Waals surface area contributed by atoms with Gasteiger partial charge in [-0.3, -0.25) is 4.79 Å². The Hall–Kier alpha value is -1.44. The number of carbonyl (C=O) groups excluding carboxylic acids is 1. The fraction of sp³-hybridized carbons (Fsp3) is 0.500. The Kier molecular flexibility index (Phi) is 4.12. The quantitative estimate of drug-likeness (QED) is 0.929. The average Bonchev–Trinajstić information content (AvgIpc) is 2.89. The van der Waals surface area contributed by atoms with Crippen LogP contribution in [0.2, 0.25) is 0 Å². The molecule has 0 saturated carbocycles. The largest absolute Gasteiger partial charge is 0.433 e. The number of hydrogen-bond acceptors (Lipinski definition) is 4. The molecule has 1 aromatic heterocycles. The summed E-state index contributed by atoms with van der Waals surface area (Å²) in [6, 6.07) is 1.93. The van der Waals surface area contributed by atoms with Crippen LogP contribution in [0.25, 0.3) is 0 Å². The highest BCUT2D eigenvalue weighted by Crippen LogP contribution is 2.32. The first-order valence-electron chi connectivity index (χ1n) is 5.99. The summed E-state index contributed by atoms with van der Waals surface area (Å²) in [5, 5.41) is 0. The van der Waals surface area contributed by atoms with Crippen LogP contribution < -0.4 is 10.6 Å². The zero-order chi connectivity index (χ0) is 14.9. The van der Waals surface area contributed by atoms with E-state index in [9.17, 15) is 18.0 Å². The predicted octanol–water partition coefficient (Wildman–Crippen LogP) is 2.14. The van der Waals surface area contributed by atoms with Crippen LogP contribution >= 0.6 is 11.8 Å². The lowest BCUT2D eigenvalue weighted by molar-refractivity contribution is -0.141. The van der Waals surface area contributed by atoms with Crippen LogP contribution in [0, 0.1) is 0 Å². The van der Waals surface area contributed by atoms with Crippen molar-refractivity contribution in [3.63, 3.8) is 0 Å². The molecule has 1 saturated heterocycles. The predicted molar refractivity (Wildman–Crippen MR) is 71.9 cm³/mol. The van der Waals surface area contributed by atoms with Crippen LogP contribution in [0.4, 0.5) is 19.0 Å². The fourth-order valence-corrected chi connectivity index (χ4v) is 3.34. The van der Waals surface area contributed by atoms with Gasteiger partial charge in [0, 0.05) is 18.8 Å². The number of hydrogen-bond donors (Lipinski definition) is 1. The van der Waals surface area contributed by atoms with Crippen molar-refractivity contribution in [2.24, 2.45) is 5.73 Å². The van der Waals surface area contributed by atoms with E-state index in [4.69, 9.17) is 5.73 Å². The molecule has 2 N–H and O–H groups in total. The van der Waals surface area contributed by atoms with Gasteiger partial charge in [0.15, 0.2) is 0 Å². The second-order valence-electron chi connectivity index (χ2n) is 4.56. The van der Waals surface area contributed by atoms with E-state index in [-0.39, 0.29) is 17.4 Å². The number of aromatic nitrogens is 1. The van der Waals surface area contributed by atoms with E-state index >= 15 is 0 Å². The molecule has 1 fully saturated rings. The summed E-state index contributed by atoms with van der Waals surface area (Å²) in [7, 11) is 1.64. The van der Waals surface area contributed by atoms with Crippen molar-refractivity contribution < 1.29 is 18.0 Å². The Bertz CT molecular complexity index is 515. The Morgan fingerprint density at radius 2 is 2.20 bits per heavy atom. The monoisotopic (exact) mass is 305 g/mol. The molecule has 110 valence electrons. The van der Waals surface area contributed by atoms with Crippen molar-refractivity contribution in [2.75, 3.05) is 23.5 Å². The van der Waals surface area contributed by atoms with Gasteiger partial charge in [-0.15, -0.1) is 0 Å². The van der Waals surface area contributed by atoms with E-state index in [1.165, 1.54) is 0 Å². The molecule has 0 spiro atoms. The third-order valence-electron chi connectivity index (χ3n) is 3.22. The molecule has 2 rings (SSSR count). The summed E-state index contributed by atoms with van der Waals surface area (Å²) in [5.74, 6) is 0.963. The summed E-state index contributed by atoms with van der Waals surface area (Å²) in [6.07, 6.45) is -3.70. The van der Waals surface area contributed by atoms with Crippen LogP contribution in [-0.2, 0) is 6.18 Å². The van der Waals surface area contributed by atoms with Gasteiger partial charge in [-0.05, 0) is 24.3 Å². The Balaban J connectivity index is 2.43. The lowest BCUT2D eigenvalue weighted by Gasteiger charge is -2.27. The maximum Gasteiger partial charge on any atom is 0.433 e. The molecule has 2 heterocycles. The van der Waals surface area contributed by atoms with Crippen LogP contribution in [0.5, 0.6) is 0 Å². The van der Waals surface area contributed by atoms with E-state index in [0.717, 1.165) is 30.1 Å². The first kappa shape index (κ1) is 15.0. The minimum atomic E-state index is -4.55. The number of primary amides is 1. The number of anilines is 1. The molecule has 1 unspecified atom stereocenters. The Morgan fingerprint density at radius 1 is 1.50 bits per heavy atom. The summed E-state index contributed by atoms with van der Waals surface area (Å²) < 4.78 is 38.2. The van der Waals surface area contributed by atoms with Crippen molar-refractivity contribution in [3.8, 4) is 0 Å². The first-order chi connectivity index (χ1) is 9.30. The van der Waals surface area contributed by atoms with E-state index < -0.39 is 17.8 Å². The molecule has 20 heavy (non-hydrogen) atoms. The molecule has 1 aliphatic heterocycles. The second-order valence-corrected chi connectivity index (χ2v) is 5.71. The van der Waals surface area contributed by atoms with Crippen molar-refractivity contribution >= 4 is 23.5 Å². The van der Waals surface area contributed by atoms with Crippen molar-refractivity contribution in [2.45, 2.75) is 18.6 Å². The molecule has 0 radical (unpaired) electrons. The number of pyridine rings is 1. The van der Waals surface area contributed by atoms with Gasteiger partial charge >= 0.3 is 6.18 Å². The zero-order valence-electron chi connectivity index (χ0n) is 10.8. The molecule has 0 aromatic carbocycles. The summed E-state index contributed by atoms with van der Waals surface area (Å²) >= 11 is 1.72. The maximum atomic E-state index is 12.7. The molecule has 4 nitrogen and oxygen atoms in total. The minimum Gasteiger partial charge on any atom is -0.365 e. The third-order valence-corrected chi connectivity index (χ3v) is 4.36. The standard InChI is InChI=1S/C12H14F3N3OS/c1-18(7-4-5-20-6-7)11-8(10(16)19)2-3-9(17-11)12(13,14)15/h2-3,7H,4-6H2,1H3,(H2,16,19). The van der Waals surface area contributed by atoms with Crippen molar-refractivity contribution in [3.05, 3.63) is 23.4 Å². The molecule has 0 aliphatic carbocycles. The highest BCUT2D eigenvalue weighted by atomic mass is 32.2. The number of alkyl halides is 3. The average molecular weight is 305 g/mol. The topological polar surface area (TPSA) is 59.2 Å². The summed E-state index contributed by atoms with van der Waals surface area (Å²) in [5.41, 5.74) is 4.21. The molecule has 8 heteroatoms. The normalized spacial score (nSPS) is 19.1. The van der Waals surface area contributed by atoms with Crippen LogP contribution in [0.3, 0.4) is 0 Å². The highest BCUT2D eigenvalue weighted by molar-refractivity contribution is 7.99. The molecule has 1 atom stereocenters. The van der Waals surface area contributed by atoms with Gasteiger partial charge in [0.05, 0.1) is 5.56 Å². The maximum absolute atomic E-state index is 12.7. The van der Waals surface area contributed by atoms with Gasteiger partial charge in [0.1, 0.15) is 11.5 Å². The van der Waals surface area contributed by atoms with Crippen LogP contribution in [0.15, 0.2) is 12.1 Å². The summed E-state index contributed by atoms with van der Waals surface area (Å²) in [6.45, 7) is 0. The molecule has 1 amide bonds. The van der Waals surface area contributed by atoms with Gasteiger partial charge in [-0.2, -0.15) is 24.9 Å². The number of amides is 1. The van der Waals surface area contributed by atoms with E-state index in [1.807, 2.05) is 0 Å². The van der Waals surface area contributed by atoms with E-state index in [1.54, 1.807) is 23.7 Å². The van der Waals surface area contributed by atoms with E-state index in [2.05, 4.69) is 4.98 Å². The molecule has 1 aromatic rings. The fourth-order valence-electron chi connectivity index (χ4n) is 2.07. The summed E-state index contributed by atoms with van der Waals surface area (Å²) in [4.78, 5) is 16.6. The molecular formula is C12H14F3N3OS. The number of thioether (sulfide) groups is 1. The van der Waals surface area contributed by atoms with Crippen LogP contribution in [-0.4, -0.2) is 35.5 Å². The van der Waals surface area contributed by atoms with Gasteiger partial charge in [-0.25, -0.2) is 4.98 Å². The van der Waals surface area contributed by atoms with E-state index in [0.29, 0.717) is 0 Å². The molecule has 1 aliphatic rings. The molecular weight excluding hydrogens is 291 g/mol. The lowest BCUT2D eigenvalue weighted by Crippen LogP contribution is -2.34. The van der Waals surface area contributed by atoms with Crippen molar-refractivity contribution in [1.29, 1.82) is 0 Å². The smallest absolute Gasteiger partial charge is 0.365 e. The van der Waals surface area contributed by atoms with Crippen molar-refractivity contribution in [1.82, 2.24) is 4.98 Å².